The van der Waals surface area contributed by atoms with Gasteiger partial charge in [-0.1, -0.05) is 68.8 Å². The molecule has 1 aromatic rings. The maximum absolute atomic E-state index is 13.7. The van der Waals surface area contributed by atoms with Crippen LogP contribution in [0.3, 0.4) is 0 Å². The fourth-order valence-corrected chi connectivity index (χ4v) is 5.68. The number of nitrogens with one attached hydrogen (secondary N) is 4. The SMILES string of the molecule is CN[C@H](C(=O)NC(C(=O)N(C)C/C=C(\C)C(=O)N[C@H](CCC(=O)NCCN1C(=O)C=CC1=O)C(=O)O)C(C)(C)C)C(C)(C)c1cccc(Br)c1. The molecule has 1 aliphatic rings. The van der Waals surface area contributed by atoms with Gasteiger partial charge in [0.2, 0.25) is 23.6 Å². The number of carboxylic acids is 1. The summed E-state index contributed by atoms with van der Waals surface area (Å²) in [7, 11) is 3.23. The Balaban J connectivity index is 2.00. The number of amides is 6. The fourth-order valence-electron chi connectivity index (χ4n) is 5.28. The van der Waals surface area contributed by atoms with E-state index in [9.17, 15) is 38.7 Å². The second-order valence-corrected chi connectivity index (χ2v) is 14.7. The van der Waals surface area contributed by atoms with Gasteiger partial charge in [0.05, 0.1) is 6.04 Å². The first-order valence-electron chi connectivity index (χ1n) is 16.2. The number of hydrogen-bond acceptors (Lipinski definition) is 8. The summed E-state index contributed by atoms with van der Waals surface area (Å²) in [5.41, 5.74) is -0.236. The molecule has 0 aliphatic carbocycles. The summed E-state index contributed by atoms with van der Waals surface area (Å²) >= 11 is 3.49. The normalized spacial score (nSPS) is 15.3. The summed E-state index contributed by atoms with van der Waals surface area (Å²) < 4.78 is 0.878. The molecule has 0 fully saturated rings. The predicted molar refractivity (Wildman–Crippen MR) is 190 cm³/mol. The molecular weight excluding hydrogens is 712 g/mol. The standard InChI is InChI=1S/C35H49BrN6O8/c1-21(30(46)39-24(33(49)50)12-13-25(43)38-17-19-42-26(44)14-15-27(42)45)16-18-41(8)32(48)29(34(2,3)4)40-31(47)28(37-7)35(5,6)22-10-9-11-23(36)20-22/h9-11,14-16,20,24,28-29,37H,12-13,17-19H2,1-8H3,(H,38,43)(H,39,46)(H,40,47)(H,49,50)/b21-16+/t24-,28-,29?/m1/s1. The van der Waals surface area contributed by atoms with Crippen LogP contribution in [0.15, 0.2) is 52.5 Å². The number of nitrogens with zero attached hydrogens (tertiary/aromatic N) is 2. The summed E-state index contributed by atoms with van der Waals surface area (Å²) in [6, 6.07) is 4.72. The zero-order valence-electron chi connectivity index (χ0n) is 29.9. The lowest BCUT2D eigenvalue weighted by molar-refractivity contribution is -0.142. The molecule has 0 aromatic heterocycles. The van der Waals surface area contributed by atoms with E-state index in [1.807, 2.05) is 58.9 Å². The molecule has 0 saturated heterocycles. The van der Waals surface area contributed by atoms with Crippen LogP contribution < -0.4 is 21.3 Å². The van der Waals surface area contributed by atoms with Crippen molar-refractivity contribution in [2.45, 2.75) is 77.9 Å². The molecule has 14 nitrogen and oxygen atoms in total. The van der Waals surface area contributed by atoms with Gasteiger partial charge >= 0.3 is 5.97 Å². The lowest BCUT2D eigenvalue weighted by atomic mass is 9.76. The quantitative estimate of drug-likeness (QED) is 0.116. The summed E-state index contributed by atoms with van der Waals surface area (Å²) in [6.45, 7) is 10.8. The lowest BCUT2D eigenvalue weighted by Gasteiger charge is -2.38. The second-order valence-electron chi connectivity index (χ2n) is 13.8. The smallest absolute Gasteiger partial charge is 0.326 e. The third kappa shape index (κ3) is 11.6. The Hall–Kier alpha value is -4.37. The van der Waals surface area contributed by atoms with Gasteiger partial charge in [-0.25, -0.2) is 4.79 Å². The van der Waals surface area contributed by atoms with Crippen LogP contribution in [-0.4, -0.2) is 108 Å². The molecule has 2 rings (SSSR count). The van der Waals surface area contributed by atoms with Crippen molar-refractivity contribution in [1.82, 2.24) is 31.1 Å². The van der Waals surface area contributed by atoms with Crippen molar-refractivity contribution in [2.75, 3.05) is 33.7 Å². The van der Waals surface area contributed by atoms with Gasteiger partial charge in [-0.2, -0.15) is 0 Å². The number of benzene rings is 1. The number of halogens is 1. The topological polar surface area (TPSA) is 194 Å². The van der Waals surface area contributed by atoms with Crippen LogP contribution in [0.2, 0.25) is 0 Å². The number of likely N-dealkylation sites (N-methyl/N-ethyl adjacent to an activating group) is 2. The monoisotopic (exact) mass is 760 g/mol. The van der Waals surface area contributed by atoms with Crippen LogP contribution in [-0.2, 0) is 39.0 Å². The van der Waals surface area contributed by atoms with Crippen molar-refractivity contribution < 1.29 is 38.7 Å². The van der Waals surface area contributed by atoms with Crippen molar-refractivity contribution >= 4 is 57.3 Å². The van der Waals surface area contributed by atoms with Gasteiger partial charge in [-0.15, -0.1) is 0 Å². The first-order valence-corrected chi connectivity index (χ1v) is 17.0. The van der Waals surface area contributed by atoms with E-state index in [2.05, 4.69) is 37.2 Å². The minimum absolute atomic E-state index is 0.00276. The predicted octanol–water partition coefficient (Wildman–Crippen LogP) is 1.64. The Morgan fingerprint density at radius 3 is 2.16 bits per heavy atom. The average Bonchev–Trinajstić information content (AvgIpc) is 3.35. The van der Waals surface area contributed by atoms with E-state index in [0.29, 0.717) is 0 Å². The van der Waals surface area contributed by atoms with E-state index in [4.69, 9.17) is 0 Å². The van der Waals surface area contributed by atoms with E-state index >= 15 is 0 Å². The number of carboxylic acid groups (broad SMARTS) is 1. The molecule has 1 aromatic carbocycles. The molecule has 1 unspecified atom stereocenters. The van der Waals surface area contributed by atoms with Crippen LogP contribution >= 0.6 is 15.9 Å². The molecule has 6 amide bonds. The van der Waals surface area contributed by atoms with Gasteiger partial charge in [0, 0.05) is 60.7 Å². The number of carbonyl (C=O) groups excluding carboxylic acids is 6. The van der Waals surface area contributed by atoms with Crippen LogP contribution in [0, 0.1) is 5.41 Å². The first-order chi connectivity index (χ1) is 23.2. The van der Waals surface area contributed by atoms with E-state index in [1.54, 1.807) is 14.1 Å². The highest BCUT2D eigenvalue weighted by molar-refractivity contribution is 9.10. The highest BCUT2D eigenvalue weighted by Gasteiger charge is 2.40. The summed E-state index contributed by atoms with van der Waals surface area (Å²) in [4.78, 5) is 89.8. The van der Waals surface area contributed by atoms with Crippen LogP contribution in [0.25, 0.3) is 0 Å². The Morgan fingerprint density at radius 1 is 1.00 bits per heavy atom. The summed E-state index contributed by atoms with van der Waals surface area (Å²) in [5.74, 6) is -4.23. The Bertz CT molecular complexity index is 1510. The second kappa shape index (κ2) is 18.0. The fraction of sp³-hybridized carbons (Fsp3) is 0.514. The molecule has 50 heavy (non-hydrogen) atoms. The van der Waals surface area contributed by atoms with Gasteiger partial charge in [0.25, 0.3) is 11.8 Å². The molecule has 274 valence electrons. The highest BCUT2D eigenvalue weighted by Crippen LogP contribution is 2.30. The third-order valence-corrected chi connectivity index (χ3v) is 8.96. The van der Waals surface area contributed by atoms with Gasteiger partial charge in [-0.3, -0.25) is 33.7 Å². The molecule has 0 saturated carbocycles. The van der Waals surface area contributed by atoms with E-state index in [1.165, 1.54) is 17.9 Å². The Labute approximate surface area is 301 Å². The third-order valence-electron chi connectivity index (χ3n) is 8.47. The van der Waals surface area contributed by atoms with E-state index in [0.717, 1.165) is 27.1 Å². The lowest BCUT2D eigenvalue weighted by Crippen LogP contribution is -2.60. The van der Waals surface area contributed by atoms with Crippen molar-refractivity contribution in [3.8, 4) is 0 Å². The molecule has 0 bridgehead atoms. The van der Waals surface area contributed by atoms with Crippen LogP contribution in [0.5, 0.6) is 0 Å². The maximum atomic E-state index is 13.7. The summed E-state index contributed by atoms with van der Waals surface area (Å²) in [5, 5.41) is 20.6. The molecular formula is C35H49BrN6O8. The molecule has 1 aliphatic heterocycles. The Morgan fingerprint density at radius 2 is 1.62 bits per heavy atom. The van der Waals surface area contributed by atoms with Crippen molar-refractivity contribution in [3.05, 3.63) is 58.1 Å². The first kappa shape index (κ1) is 41.8. The van der Waals surface area contributed by atoms with Crippen molar-refractivity contribution in [1.29, 1.82) is 0 Å². The van der Waals surface area contributed by atoms with E-state index < -0.39 is 58.6 Å². The zero-order valence-corrected chi connectivity index (χ0v) is 31.5. The molecule has 0 radical (unpaired) electrons. The molecule has 1 heterocycles. The average molecular weight is 762 g/mol. The van der Waals surface area contributed by atoms with Crippen LogP contribution in [0.1, 0.15) is 59.9 Å². The minimum Gasteiger partial charge on any atom is -0.480 e. The van der Waals surface area contributed by atoms with Gasteiger partial charge < -0.3 is 31.3 Å². The molecule has 0 spiro atoms. The zero-order chi connectivity index (χ0) is 38.0. The maximum Gasteiger partial charge on any atom is 0.326 e. The molecule has 15 heteroatoms. The molecule has 5 N–H and O–H groups in total. The van der Waals surface area contributed by atoms with Gasteiger partial charge in [0.15, 0.2) is 0 Å². The summed E-state index contributed by atoms with van der Waals surface area (Å²) in [6.07, 6.45) is 3.30. The number of carbonyl (C=O) groups is 7. The van der Waals surface area contributed by atoms with Gasteiger partial charge in [-0.05, 0) is 43.5 Å². The minimum atomic E-state index is -1.37. The Kier molecular flexibility index (Phi) is 15.1. The molecule has 3 atom stereocenters. The van der Waals surface area contributed by atoms with E-state index in [-0.39, 0.29) is 49.9 Å². The highest BCUT2D eigenvalue weighted by atomic mass is 79.9. The largest absolute Gasteiger partial charge is 0.480 e. The van der Waals surface area contributed by atoms with Crippen LogP contribution in [0.4, 0.5) is 0 Å². The number of aliphatic carboxylic acids is 1. The van der Waals surface area contributed by atoms with Crippen molar-refractivity contribution in [2.24, 2.45) is 5.41 Å². The number of hydrogen-bond donors (Lipinski definition) is 5. The number of rotatable bonds is 17. The number of imide groups is 1. The van der Waals surface area contributed by atoms with Crippen molar-refractivity contribution in [3.63, 3.8) is 0 Å². The van der Waals surface area contributed by atoms with Gasteiger partial charge in [0.1, 0.15) is 12.1 Å².